The van der Waals surface area contributed by atoms with Gasteiger partial charge in [0.25, 0.3) is 0 Å². The average Bonchev–Trinajstić information content (AvgIpc) is 2.62. The van der Waals surface area contributed by atoms with E-state index >= 15 is 0 Å². The first-order valence-electron chi connectivity index (χ1n) is 7.92. The van der Waals surface area contributed by atoms with E-state index in [4.69, 9.17) is 0 Å². The summed E-state index contributed by atoms with van der Waals surface area (Å²) in [6.45, 7) is 5.18. The van der Waals surface area contributed by atoms with Crippen LogP contribution in [0.15, 0.2) is 36.5 Å². The molecule has 0 unspecified atom stereocenters. The number of carbonyl (C=O) groups is 1. The molecule has 0 saturated carbocycles. The predicted octanol–water partition coefficient (Wildman–Crippen LogP) is 2.06. The number of hydrogen-bond donors (Lipinski definition) is 1. The zero-order valence-corrected chi connectivity index (χ0v) is 13.3. The first kappa shape index (κ1) is 15.3. The van der Waals surface area contributed by atoms with E-state index in [1.54, 1.807) is 11.1 Å². The molecule has 1 amide bonds. The van der Waals surface area contributed by atoms with E-state index in [9.17, 15) is 4.79 Å². The number of aryl methyl sites for hydroxylation is 1. The van der Waals surface area contributed by atoms with Crippen LogP contribution in [-0.2, 0) is 11.2 Å². The molecule has 6 heteroatoms. The Labute approximate surface area is 136 Å². The Morgan fingerprint density at radius 3 is 2.70 bits per heavy atom. The average molecular weight is 311 g/mol. The largest absolute Gasteiger partial charge is 0.353 e. The maximum absolute atomic E-state index is 10.8. The second kappa shape index (κ2) is 7.09. The number of benzene rings is 1. The predicted molar refractivity (Wildman–Crippen MR) is 91.0 cm³/mol. The lowest BCUT2D eigenvalue weighted by molar-refractivity contribution is -0.118. The van der Waals surface area contributed by atoms with Gasteiger partial charge in [0.1, 0.15) is 5.82 Å². The highest BCUT2D eigenvalue weighted by Gasteiger charge is 2.17. The highest BCUT2D eigenvalue weighted by molar-refractivity contribution is 5.59. The normalized spacial score (nSPS) is 14.7. The second-order valence-electron chi connectivity index (χ2n) is 5.50. The molecule has 1 aromatic carbocycles. The number of para-hydroxylation sites is 1. The molecule has 0 atom stereocenters. The fourth-order valence-corrected chi connectivity index (χ4v) is 2.71. The molecule has 1 saturated heterocycles. The molecule has 1 aliphatic heterocycles. The van der Waals surface area contributed by atoms with Crippen LogP contribution in [0.1, 0.15) is 12.5 Å². The summed E-state index contributed by atoms with van der Waals surface area (Å²) in [5.41, 5.74) is 2.28. The molecule has 1 N–H and O–H groups in total. The monoisotopic (exact) mass is 311 g/mol. The molecule has 120 valence electrons. The molecule has 0 aliphatic carbocycles. The van der Waals surface area contributed by atoms with E-state index in [2.05, 4.69) is 33.2 Å². The molecule has 1 fully saturated rings. The van der Waals surface area contributed by atoms with Gasteiger partial charge in [-0.1, -0.05) is 25.1 Å². The molecule has 1 aromatic heterocycles. The number of aromatic nitrogens is 2. The lowest BCUT2D eigenvalue weighted by Crippen LogP contribution is -2.46. The van der Waals surface area contributed by atoms with Crippen molar-refractivity contribution in [3.63, 3.8) is 0 Å². The second-order valence-corrected chi connectivity index (χ2v) is 5.50. The number of amides is 1. The highest BCUT2D eigenvalue weighted by Crippen LogP contribution is 2.21. The van der Waals surface area contributed by atoms with Crippen molar-refractivity contribution < 1.29 is 4.79 Å². The fourth-order valence-electron chi connectivity index (χ4n) is 2.71. The van der Waals surface area contributed by atoms with Crippen molar-refractivity contribution in [2.75, 3.05) is 36.4 Å². The van der Waals surface area contributed by atoms with Gasteiger partial charge in [0.2, 0.25) is 12.4 Å². The van der Waals surface area contributed by atoms with Gasteiger partial charge in [0.15, 0.2) is 0 Å². The third kappa shape index (κ3) is 3.59. The number of hydrogen-bond acceptors (Lipinski definition) is 5. The Balaban J connectivity index is 1.74. The van der Waals surface area contributed by atoms with Crippen LogP contribution in [0.5, 0.6) is 0 Å². The Morgan fingerprint density at radius 1 is 1.17 bits per heavy atom. The van der Waals surface area contributed by atoms with Crippen LogP contribution in [0.3, 0.4) is 0 Å². The van der Waals surface area contributed by atoms with Gasteiger partial charge in [0.05, 0.1) is 0 Å². The first-order valence-corrected chi connectivity index (χ1v) is 7.92. The van der Waals surface area contributed by atoms with Crippen LogP contribution in [-0.4, -0.2) is 47.5 Å². The SMILES string of the molecule is CCc1ccccc1Nc1nccc(N2CCN(C=O)CC2)n1. The van der Waals surface area contributed by atoms with E-state index in [1.165, 1.54) is 5.56 Å². The number of nitrogens with zero attached hydrogens (tertiary/aromatic N) is 4. The van der Waals surface area contributed by atoms with Crippen LogP contribution in [0.2, 0.25) is 0 Å². The quantitative estimate of drug-likeness (QED) is 0.857. The molecule has 1 aliphatic rings. The Bertz CT molecular complexity index is 668. The van der Waals surface area contributed by atoms with Gasteiger partial charge in [-0.2, -0.15) is 4.98 Å². The molecule has 0 bridgehead atoms. The summed E-state index contributed by atoms with van der Waals surface area (Å²) < 4.78 is 0. The minimum absolute atomic E-state index is 0.598. The van der Waals surface area contributed by atoms with Crippen molar-refractivity contribution in [1.82, 2.24) is 14.9 Å². The van der Waals surface area contributed by atoms with Crippen LogP contribution < -0.4 is 10.2 Å². The van der Waals surface area contributed by atoms with E-state index in [0.717, 1.165) is 50.5 Å². The zero-order valence-electron chi connectivity index (χ0n) is 13.3. The van der Waals surface area contributed by atoms with Gasteiger partial charge in [-0.3, -0.25) is 4.79 Å². The number of carbonyl (C=O) groups excluding carboxylic acids is 1. The van der Waals surface area contributed by atoms with E-state index in [-0.39, 0.29) is 0 Å². The summed E-state index contributed by atoms with van der Waals surface area (Å²) in [6.07, 6.45) is 3.63. The lowest BCUT2D eigenvalue weighted by atomic mass is 10.1. The summed E-state index contributed by atoms with van der Waals surface area (Å²) in [5.74, 6) is 1.49. The molecule has 0 radical (unpaired) electrons. The number of piperazine rings is 1. The minimum atomic E-state index is 0.598. The zero-order chi connectivity index (χ0) is 16.1. The highest BCUT2D eigenvalue weighted by atomic mass is 16.1. The summed E-state index contributed by atoms with van der Waals surface area (Å²) in [4.78, 5) is 23.7. The third-order valence-corrected chi connectivity index (χ3v) is 4.07. The smallest absolute Gasteiger partial charge is 0.229 e. The fraction of sp³-hybridized carbons (Fsp3) is 0.353. The summed E-state index contributed by atoms with van der Waals surface area (Å²) in [5, 5.41) is 3.31. The first-order chi connectivity index (χ1) is 11.3. The summed E-state index contributed by atoms with van der Waals surface area (Å²) >= 11 is 0. The van der Waals surface area contributed by atoms with Crippen LogP contribution >= 0.6 is 0 Å². The lowest BCUT2D eigenvalue weighted by Gasteiger charge is -2.33. The molecule has 23 heavy (non-hydrogen) atoms. The molecule has 6 nitrogen and oxygen atoms in total. The van der Waals surface area contributed by atoms with Crippen LogP contribution in [0, 0.1) is 0 Å². The Kier molecular flexibility index (Phi) is 4.71. The van der Waals surface area contributed by atoms with Gasteiger partial charge in [-0.15, -0.1) is 0 Å². The molecule has 2 heterocycles. The number of anilines is 3. The topological polar surface area (TPSA) is 61.4 Å². The van der Waals surface area contributed by atoms with E-state index < -0.39 is 0 Å². The summed E-state index contributed by atoms with van der Waals surface area (Å²) in [6, 6.07) is 10.1. The molecular weight excluding hydrogens is 290 g/mol. The van der Waals surface area contributed by atoms with Crippen LogP contribution in [0.25, 0.3) is 0 Å². The van der Waals surface area contributed by atoms with E-state index in [1.807, 2.05) is 24.3 Å². The molecule has 3 rings (SSSR count). The van der Waals surface area contributed by atoms with Gasteiger partial charge in [-0.25, -0.2) is 4.98 Å². The van der Waals surface area contributed by atoms with Crippen molar-refractivity contribution in [1.29, 1.82) is 0 Å². The van der Waals surface area contributed by atoms with Crippen molar-refractivity contribution in [3.8, 4) is 0 Å². The van der Waals surface area contributed by atoms with Crippen molar-refractivity contribution >= 4 is 23.9 Å². The van der Waals surface area contributed by atoms with Crippen molar-refractivity contribution in [2.45, 2.75) is 13.3 Å². The summed E-state index contributed by atoms with van der Waals surface area (Å²) in [7, 11) is 0. The number of nitrogens with one attached hydrogen (secondary N) is 1. The van der Waals surface area contributed by atoms with Crippen molar-refractivity contribution in [2.24, 2.45) is 0 Å². The third-order valence-electron chi connectivity index (χ3n) is 4.07. The number of rotatable bonds is 5. The molecule has 0 spiro atoms. The maximum atomic E-state index is 10.8. The van der Waals surface area contributed by atoms with Gasteiger partial charge in [-0.05, 0) is 24.1 Å². The van der Waals surface area contributed by atoms with E-state index in [0.29, 0.717) is 5.95 Å². The van der Waals surface area contributed by atoms with Gasteiger partial charge >= 0.3 is 0 Å². The van der Waals surface area contributed by atoms with Gasteiger partial charge < -0.3 is 15.1 Å². The van der Waals surface area contributed by atoms with Crippen molar-refractivity contribution in [3.05, 3.63) is 42.1 Å². The van der Waals surface area contributed by atoms with Crippen LogP contribution in [0.4, 0.5) is 17.5 Å². The Morgan fingerprint density at radius 2 is 1.96 bits per heavy atom. The minimum Gasteiger partial charge on any atom is -0.353 e. The molecule has 2 aromatic rings. The molecular formula is C17H21N5O. The van der Waals surface area contributed by atoms with Gasteiger partial charge in [0, 0.05) is 38.1 Å². The standard InChI is InChI=1S/C17H21N5O/c1-2-14-5-3-4-6-15(14)19-17-18-8-7-16(20-17)22-11-9-21(13-23)10-12-22/h3-8,13H,2,9-12H2,1H3,(H,18,19,20). The maximum Gasteiger partial charge on any atom is 0.229 e. The Hall–Kier alpha value is -2.63.